The lowest BCUT2D eigenvalue weighted by molar-refractivity contribution is -0.134. The lowest BCUT2D eigenvalue weighted by atomic mass is 10.3. The van der Waals surface area contributed by atoms with Gasteiger partial charge in [-0.2, -0.15) is 0 Å². The van der Waals surface area contributed by atoms with E-state index in [1.807, 2.05) is 0 Å². The van der Waals surface area contributed by atoms with Gasteiger partial charge in [0.1, 0.15) is 6.61 Å². The molecule has 0 aliphatic carbocycles. The van der Waals surface area contributed by atoms with Crippen LogP contribution in [0.4, 0.5) is 0 Å². The molecule has 0 saturated carbocycles. The number of methoxy groups -OCH3 is 1. The molecule has 0 heterocycles. The van der Waals surface area contributed by atoms with Crippen LogP contribution in [0.1, 0.15) is 13.3 Å². The second-order valence-corrected chi connectivity index (χ2v) is 3.27. The fraction of sp³-hybridized carbons (Fsp3) is 0.417. The minimum Gasteiger partial charge on any atom is -0.504 e. The molecule has 17 heavy (non-hydrogen) atoms. The highest BCUT2D eigenvalue weighted by Crippen LogP contribution is 2.36. The predicted molar refractivity (Wildman–Crippen MR) is 61.4 cm³/mol. The van der Waals surface area contributed by atoms with Crippen LogP contribution in [0.25, 0.3) is 0 Å². The molecule has 0 unspecified atom stereocenters. The van der Waals surface area contributed by atoms with Crippen LogP contribution in [0.2, 0.25) is 0 Å². The molecule has 1 aromatic rings. The van der Waals surface area contributed by atoms with Crippen LogP contribution in [-0.2, 0) is 9.53 Å². The Morgan fingerprint density at radius 2 is 2.12 bits per heavy atom. The van der Waals surface area contributed by atoms with E-state index in [0.29, 0.717) is 19.0 Å². The van der Waals surface area contributed by atoms with Gasteiger partial charge in [-0.3, -0.25) is 4.79 Å². The van der Waals surface area contributed by atoms with Gasteiger partial charge in [0.05, 0.1) is 6.61 Å². The maximum atomic E-state index is 11.2. The summed E-state index contributed by atoms with van der Waals surface area (Å²) in [6.45, 7) is 2.40. The third-order valence-electron chi connectivity index (χ3n) is 2.01. The quantitative estimate of drug-likeness (QED) is 0.466. The average molecular weight is 240 g/mol. The Hall–Kier alpha value is -1.75. The molecule has 0 fully saturated rings. The van der Waals surface area contributed by atoms with Gasteiger partial charge in [0, 0.05) is 13.5 Å². The summed E-state index contributed by atoms with van der Waals surface area (Å²) in [7, 11) is 1.56. The van der Waals surface area contributed by atoms with Crippen LogP contribution in [0.3, 0.4) is 0 Å². The highest BCUT2D eigenvalue weighted by atomic mass is 16.6. The molecule has 1 N–H and O–H groups in total. The number of rotatable bonds is 6. The van der Waals surface area contributed by atoms with Crippen molar-refractivity contribution in [1.82, 2.24) is 0 Å². The van der Waals surface area contributed by atoms with Gasteiger partial charge in [-0.1, -0.05) is 13.0 Å². The Labute approximate surface area is 99.9 Å². The lowest BCUT2D eigenvalue weighted by Gasteiger charge is -2.12. The van der Waals surface area contributed by atoms with E-state index in [9.17, 15) is 9.90 Å². The van der Waals surface area contributed by atoms with E-state index < -0.39 is 5.97 Å². The molecule has 5 heteroatoms. The molecule has 0 atom stereocenters. The van der Waals surface area contributed by atoms with Gasteiger partial charge >= 0.3 is 5.97 Å². The summed E-state index contributed by atoms with van der Waals surface area (Å²) in [5.41, 5.74) is 0. The van der Waals surface area contributed by atoms with Gasteiger partial charge in [-0.25, -0.2) is 0 Å². The maximum absolute atomic E-state index is 11.2. The van der Waals surface area contributed by atoms with Crippen LogP contribution in [-0.4, -0.2) is 31.4 Å². The smallest absolute Gasteiger partial charge is 0.311 e. The monoisotopic (exact) mass is 240 g/mol. The Kier molecular flexibility index (Phi) is 5.29. The number of benzene rings is 1. The van der Waals surface area contributed by atoms with Crippen molar-refractivity contribution in [3.8, 4) is 17.2 Å². The van der Waals surface area contributed by atoms with E-state index >= 15 is 0 Å². The minimum absolute atomic E-state index is 0.0513. The Morgan fingerprint density at radius 1 is 1.35 bits per heavy atom. The molecule has 0 radical (unpaired) electrons. The lowest BCUT2D eigenvalue weighted by Crippen LogP contribution is -2.09. The first-order chi connectivity index (χ1) is 8.19. The van der Waals surface area contributed by atoms with Gasteiger partial charge < -0.3 is 19.3 Å². The van der Waals surface area contributed by atoms with Gasteiger partial charge in [-0.15, -0.1) is 0 Å². The largest absolute Gasteiger partial charge is 0.504 e. The molecule has 0 aromatic heterocycles. The van der Waals surface area contributed by atoms with Crippen LogP contribution in [0.15, 0.2) is 18.2 Å². The van der Waals surface area contributed by atoms with Gasteiger partial charge in [0.15, 0.2) is 11.5 Å². The number of hydrogen-bond donors (Lipinski definition) is 1. The Balaban J connectivity index is 2.80. The summed E-state index contributed by atoms with van der Waals surface area (Å²) < 4.78 is 15.2. The molecule has 0 aliphatic heterocycles. The van der Waals surface area contributed by atoms with Crippen molar-refractivity contribution < 1.29 is 24.1 Å². The van der Waals surface area contributed by atoms with Crippen LogP contribution in [0.5, 0.6) is 17.2 Å². The summed E-state index contributed by atoms with van der Waals surface area (Å²) in [6.07, 6.45) is 0.228. The second-order valence-electron chi connectivity index (χ2n) is 3.27. The second kappa shape index (κ2) is 6.75. The SMILES string of the molecule is CCC(=O)Oc1c(O)cccc1OCCOC. The third-order valence-corrected chi connectivity index (χ3v) is 2.01. The van der Waals surface area contributed by atoms with Crippen LogP contribution >= 0.6 is 0 Å². The molecular weight excluding hydrogens is 224 g/mol. The predicted octanol–water partition coefficient (Wildman–Crippen LogP) is 1.73. The van der Waals surface area contributed by atoms with Crippen molar-refractivity contribution in [1.29, 1.82) is 0 Å². The number of aromatic hydroxyl groups is 1. The van der Waals surface area contributed by atoms with Crippen molar-refractivity contribution in [3.05, 3.63) is 18.2 Å². The highest BCUT2D eigenvalue weighted by Gasteiger charge is 2.13. The maximum Gasteiger partial charge on any atom is 0.311 e. The molecule has 5 nitrogen and oxygen atoms in total. The van der Waals surface area contributed by atoms with Crippen molar-refractivity contribution in [3.63, 3.8) is 0 Å². The molecule has 0 amide bonds. The standard InChI is InChI=1S/C12H16O5/c1-3-11(14)17-12-9(13)5-4-6-10(12)16-8-7-15-2/h4-6,13H,3,7-8H2,1-2H3. The zero-order valence-electron chi connectivity index (χ0n) is 9.93. The number of para-hydroxylation sites is 1. The van der Waals surface area contributed by atoms with E-state index in [4.69, 9.17) is 14.2 Å². The number of phenols is 1. The molecule has 0 spiro atoms. The number of phenolic OH excluding ortho intramolecular Hbond substituents is 1. The Morgan fingerprint density at radius 3 is 2.76 bits per heavy atom. The topological polar surface area (TPSA) is 65.0 Å². The summed E-state index contributed by atoms with van der Waals surface area (Å²) >= 11 is 0. The van der Waals surface area contributed by atoms with Crippen molar-refractivity contribution in [2.75, 3.05) is 20.3 Å². The van der Waals surface area contributed by atoms with Crippen molar-refractivity contribution in [2.24, 2.45) is 0 Å². The zero-order chi connectivity index (χ0) is 12.7. The van der Waals surface area contributed by atoms with Gasteiger partial charge in [0.2, 0.25) is 5.75 Å². The summed E-state index contributed by atoms with van der Waals surface area (Å²) in [5, 5.41) is 9.60. The number of hydrogen-bond acceptors (Lipinski definition) is 5. The first-order valence-electron chi connectivity index (χ1n) is 5.33. The van der Waals surface area contributed by atoms with Crippen molar-refractivity contribution >= 4 is 5.97 Å². The van der Waals surface area contributed by atoms with Gasteiger partial charge in [0.25, 0.3) is 0 Å². The minimum atomic E-state index is -0.428. The number of carbonyl (C=O) groups is 1. The molecule has 0 saturated heterocycles. The van der Waals surface area contributed by atoms with Crippen LogP contribution in [0, 0.1) is 0 Å². The van der Waals surface area contributed by atoms with Gasteiger partial charge in [-0.05, 0) is 12.1 Å². The molecule has 0 bridgehead atoms. The molecule has 1 aromatic carbocycles. The Bertz CT molecular complexity index is 375. The van der Waals surface area contributed by atoms with Crippen molar-refractivity contribution in [2.45, 2.75) is 13.3 Å². The summed E-state index contributed by atoms with van der Waals surface area (Å²) in [6, 6.07) is 4.66. The van der Waals surface area contributed by atoms with E-state index in [0.717, 1.165) is 0 Å². The normalized spacial score (nSPS) is 10.0. The van der Waals surface area contributed by atoms with Crippen LogP contribution < -0.4 is 9.47 Å². The van der Waals surface area contributed by atoms with E-state index in [2.05, 4.69) is 0 Å². The van der Waals surface area contributed by atoms with E-state index in [1.165, 1.54) is 6.07 Å². The number of esters is 1. The first-order valence-corrected chi connectivity index (χ1v) is 5.33. The fourth-order valence-corrected chi connectivity index (χ4v) is 1.14. The van der Waals surface area contributed by atoms with E-state index in [1.54, 1.807) is 26.2 Å². The van der Waals surface area contributed by atoms with E-state index in [-0.39, 0.29) is 17.9 Å². The molecule has 94 valence electrons. The fourth-order valence-electron chi connectivity index (χ4n) is 1.14. The molecule has 1 rings (SSSR count). The summed E-state index contributed by atoms with van der Waals surface area (Å²) in [4.78, 5) is 11.2. The number of carbonyl (C=O) groups excluding carboxylic acids is 1. The number of ether oxygens (including phenoxy) is 3. The third kappa shape index (κ3) is 3.96. The zero-order valence-corrected chi connectivity index (χ0v) is 9.93. The molecule has 0 aliphatic rings. The average Bonchev–Trinajstić information content (AvgIpc) is 2.33. The first kappa shape index (κ1) is 13.3. The highest BCUT2D eigenvalue weighted by molar-refractivity contribution is 5.74. The molecular formula is C12H16O5. The summed E-state index contributed by atoms with van der Waals surface area (Å²) in [5.74, 6) is -0.177.